The zero-order valence-corrected chi connectivity index (χ0v) is 12.0. The summed E-state index contributed by atoms with van der Waals surface area (Å²) in [5, 5.41) is 0. The van der Waals surface area contributed by atoms with Crippen LogP contribution in [0.4, 0.5) is 0 Å². The van der Waals surface area contributed by atoms with E-state index in [0.717, 1.165) is 19.3 Å². The summed E-state index contributed by atoms with van der Waals surface area (Å²) in [4.78, 5) is 28.1. The van der Waals surface area contributed by atoms with Crippen molar-refractivity contribution >= 4 is 11.8 Å². The molecule has 108 valence electrons. The smallest absolute Gasteiger partial charge is 0.230 e. The van der Waals surface area contributed by atoms with Crippen LogP contribution in [0.15, 0.2) is 0 Å². The van der Waals surface area contributed by atoms with Gasteiger partial charge in [0.15, 0.2) is 0 Å². The fraction of sp³-hybridized carbons (Fsp3) is 0.857. The van der Waals surface area contributed by atoms with Crippen molar-refractivity contribution in [1.82, 2.24) is 9.80 Å². The Morgan fingerprint density at radius 1 is 1.11 bits per heavy atom. The summed E-state index contributed by atoms with van der Waals surface area (Å²) >= 11 is 0. The quantitative estimate of drug-likeness (QED) is 0.807. The van der Waals surface area contributed by atoms with Gasteiger partial charge in [-0.2, -0.15) is 0 Å². The van der Waals surface area contributed by atoms with Gasteiger partial charge in [-0.05, 0) is 12.8 Å². The lowest BCUT2D eigenvalue weighted by Gasteiger charge is -2.45. The van der Waals surface area contributed by atoms with Crippen LogP contribution in [-0.2, 0) is 9.59 Å². The Morgan fingerprint density at radius 3 is 2.00 bits per heavy atom. The summed E-state index contributed by atoms with van der Waals surface area (Å²) in [6, 6.07) is 0. The second-order valence-corrected chi connectivity index (χ2v) is 6.11. The average Bonchev–Trinajstić information content (AvgIpc) is 2.37. The van der Waals surface area contributed by atoms with Gasteiger partial charge in [0.25, 0.3) is 0 Å². The zero-order chi connectivity index (χ0) is 14.0. The number of piperazine rings is 1. The monoisotopic (exact) mass is 267 g/mol. The molecule has 1 saturated carbocycles. The van der Waals surface area contributed by atoms with E-state index in [1.807, 2.05) is 23.6 Å². The third kappa shape index (κ3) is 2.61. The summed E-state index contributed by atoms with van der Waals surface area (Å²) in [6.07, 6.45) is 2.95. The van der Waals surface area contributed by atoms with E-state index in [9.17, 15) is 9.59 Å². The molecular formula is C14H25N3O2. The highest BCUT2D eigenvalue weighted by molar-refractivity contribution is 5.84. The molecule has 19 heavy (non-hydrogen) atoms. The number of amides is 2. The Bertz CT molecular complexity index is 350. The molecule has 5 nitrogen and oxygen atoms in total. The highest BCUT2D eigenvalue weighted by atomic mass is 16.2. The molecule has 1 heterocycles. The van der Waals surface area contributed by atoms with Gasteiger partial charge in [0.05, 0.1) is 5.41 Å². The van der Waals surface area contributed by atoms with Gasteiger partial charge in [-0.1, -0.05) is 20.3 Å². The van der Waals surface area contributed by atoms with Gasteiger partial charge in [0, 0.05) is 38.6 Å². The van der Waals surface area contributed by atoms with Crippen LogP contribution in [0.1, 0.15) is 33.1 Å². The molecule has 2 N–H and O–H groups in total. The molecular weight excluding hydrogens is 242 g/mol. The van der Waals surface area contributed by atoms with Crippen molar-refractivity contribution < 1.29 is 9.59 Å². The number of rotatable bonds is 3. The van der Waals surface area contributed by atoms with Gasteiger partial charge in [0.1, 0.15) is 0 Å². The predicted octanol–water partition coefficient (Wildman–Crippen LogP) is 0.442. The van der Waals surface area contributed by atoms with Crippen LogP contribution >= 0.6 is 0 Å². The third-order valence-corrected chi connectivity index (χ3v) is 4.53. The molecule has 2 rings (SSSR count). The maximum Gasteiger partial charge on any atom is 0.230 e. The zero-order valence-electron chi connectivity index (χ0n) is 12.0. The molecule has 1 aliphatic carbocycles. The van der Waals surface area contributed by atoms with Gasteiger partial charge in [-0.15, -0.1) is 0 Å². The van der Waals surface area contributed by atoms with Crippen molar-refractivity contribution in [2.24, 2.45) is 17.1 Å². The Hall–Kier alpha value is -1.10. The van der Waals surface area contributed by atoms with Gasteiger partial charge in [-0.3, -0.25) is 9.59 Å². The standard InChI is InChI=1S/C14H25N3O2/c1-11(2)12(18)16-6-8-17(9-7-16)13(19)14(10-15)4-3-5-14/h11H,3-10,15H2,1-2H3. The van der Waals surface area contributed by atoms with Gasteiger partial charge in [0.2, 0.25) is 11.8 Å². The van der Waals surface area contributed by atoms with E-state index in [-0.39, 0.29) is 23.1 Å². The molecule has 2 aliphatic rings. The second kappa shape index (κ2) is 5.49. The van der Waals surface area contributed by atoms with Crippen LogP contribution in [0.5, 0.6) is 0 Å². The van der Waals surface area contributed by atoms with Crippen LogP contribution in [0.25, 0.3) is 0 Å². The first kappa shape index (κ1) is 14.3. The van der Waals surface area contributed by atoms with Crippen molar-refractivity contribution in [2.45, 2.75) is 33.1 Å². The molecule has 0 aromatic heterocycles. The lowest BCUT2D eigenvalue weighted by Crippen LogP contribution is -2.58. The Morgan fingerprint density at radius 2 is 1.63 bits per heavy atom. The number of carbonyl (C=O) groups excluding carboxylic acids is 2. The van der Waals surface area contributed by atoms with E-state index in [4.69, 9.17) is 5.73 Å². The largest absolute Gasteiger partial charge is 0.339 e. The van der Waals surface area contributed by atoms with Crippen molar-refractivity contribution in [3.05, 3.63) is 0 Å². The topological polar surface area (TPSA) is 66.6 Å². The van der Waals surface area contributed by atoms with E-state index >= 15 is 0 Å². The number of hydrogen-bond acceptors (Lipinski definition) is 3. The lowest BCUT2D eigenvalue weighted by molar-refractivity contribution is -0.151. The Labute approximate surface area is 115 Å². The first-order valence-electron chi connectivity index (χ1n) is 7.28. The summed E-state index contributed by atoms with van der Waals surface area (Å²) < 4.78 is 0. The molecule has 1 aliphatic heterocycles. The number of nitrogens with zero attached hydrogens (tertiary/aromatic N) is 2. The van der Waals surface area contributed by atoms with Crippen molar-refractivity contribution in [3.8, 4) is 0 Å². The summed E-state index contributed by atoms with van der Waals surface area (Å²) in [7, 11) is 0. The minimum absolute atomic E-state index is 0.0317. The molecule has 0 atom stereocenters. The molecule has 0 aromatic rings. The second-order valence-electron chi connectivity index (χ2n) is 6.11. The highest BCUT2D eigenvalue weighted by Crippen LogP contribution is 2.41. The highest BCUT2D eigenvalue weighted by Gasteiger charge is 2.45. The maximum atomic E-state index is 12.5. The fourth-order valence-corrected chi connectivity index (χ4v) is 2.94. The SMILES string of the molecule is CC(C)C(=O)N1CCN(C(=O)C2(CN)CCC2)CC1. The molecule has 1 saturated heterocycles. The maximum absolute atomic E-state index is 12.5. The fourth-order valence-electron chi connectivity index (χ4n) is 2.94. The minimum Gasteiger partial charge on any atom is -0.339 e. The number of nitrogens with two attached hydrogens (primary N) is 1. The van der Waals surface area contributed by atoms with Crippen LogP contribution in [-0.4, -0.2) is 54.3 Å². The summed E-state index contributed by atoms with van der Waals surface area (Å²) in [6.45, 7) is 6.90. The molecule has 2 amide bonds. The number of carbonyl (C=O) groups is 2. The van der Waals surface area contributed by atoms with Gasteiger partial charge < -0.3 is 15.5 Å². The average molecular weight is 267 g/mol. The van der Waals surface area contributed by atoms with E-state index in [1.54, 1.807) is 0 Å². The Kier molecular flexibility index (Phi) is 4.13. The normalized spacial score (nSPS) is 22.3. The van der Waals surface area contributed by atoms with Crippen molar-refractivity contribution in [1.29, 1.82) is 0 Å². The first-order valence-corrected chi connectivity index (χ1v) is 7.28. The predicted molar refractivity (Wildman–Crippen MR) is 73.3 cm³/mol. The number of hydrogen-bond donors (Lipinski definition) is 1. The molecule has 0 radical (unpaired) electrons. The minimum atomic E-state index is -0.287. The van der Waals surface area contributed by atoms with Gasteiger partial charge >= 0.3 is 0 Å². The van der Waals surface area contributed by atoms with Crippen molar-refractivity contribution in [2.75, 3.05) is 32.7 Å². The van der Waals surface area contributed by atoms with Crippen LogP contribution < -0.4 is 5.73 Å². The van der Waals surface area contributed by atoms with E-state index in [0.29, 0.717) is 32.7 Å². The molecule has 0 spiro atoms. The van der Waals surface area contributed by atoms with E-state index in [2.05, 4.69) is 0 Å². The van der Waals surface area contributed by atoms with E-state index < -0.39 is 0 Å². The third-order valence-electron chi connectivity index (χ3n) is 4.53. The summed E-state index contributed by atoms with van der Waals surface area (Å²) in [5.41, 5.74) is 5.49. The summed E-state index contributed by atoms with van der Waals surface area (Å²) in [5.74, 6) is 0.423. The lowest BCUT2D eigenvalue weighted by atomic mass is 9.67. The molecule has 0 aromatic carbocycles. The molecule has 2 fully saturated rings. The molecule has 0 unspecified atom stereocenters. The van der Waals surface area contributed by atoms with Gasteiger partial charge in [-0.25, -0.2) is 0 Å². The Balaban J connectivity index is 1.90. The first-order chi connectivity index (χ1) is 9.00. The van der Waals surface area contributed by atoms with Crippen LogP contribution in [0.3, 0.4) is 0 Å². The van der Waals surface area contributed by atoms with E-state index in [1.165, 1.54) is 0 Å². The van der Waals surface area contributed by atoms with Crippen molar-refractivity contribution in [3.63, 3.8) is 0 Å². The van der Waals surface area contributed by atoms with Crippen LogP contribution in [0.2, 0.25) is 0 Å². The molecule has 0 bridgehead atoms. The van der Waals surface area contributed by atoms with Crippen LogP contribution in [0, 0.1) is 11.3 Å². The molecule has 5 heteroatoms.